The summed E-state index contributed by atoms with van der Waals surface area (Å²) >= 11 is 0. The van der Waals surface area contributed by atoms with Crippen molar-refractivity contribution in [1.29, 1.82) is 0 Å². The second-order valence-corrected chi connectivity index (χ2v) is 6.59. The lowest BCUT2D eigenvalue weighted by Crippen LogP contribution is -2.00. The third kappa shape index (κ3) is 3.88. The van der Waals surface area contributed by atoms with Gasteiger partial charge < -0.3 is 13.9 Å². The van der Waals surface area contributed by atoms with E-state index in [4.69, 9.17) is 4.74 Å². The van der Waals surface area contributed by atoms with E-state index in [1.807, 2.05) is 54.4 Å². The predicted octanol–water partition coefficient (Wildman–Crippen LogP) is 4.60. The van der Waals surface area contributed by atoms with Crippen molar-refractivity contribution in [2.24, 2.45) is 0 Å². The first-order valence-electron chi connectivity index (χ1n) is 9.15. The molecular weight excluding hydrogens is 348 g/mol. The van der Waals surface area contributed by atoms with Crippen molar-refractivity contribution in [3.63, 3.8) is 0 Å². The monoisotopic (exact) mass is 370 g/mol. The van der Waals surface area contributed by atoms with Crippen molar-refractivity contribution in [1.82, 2.24) is 19.1 Å². The first kappa shape index (κ1) is 17.8. The second-order valence-electron chi connectivity index (χ2n) is 6.59. The van der Waals surface area contributed by atoms with E-state index >= 15 is 0 Å². The minimum Gasteiger partial charge on any atom is -0.495 e. The number of methoxy groups -OCH3 is 1. The molecule has 0 amide bonds. The van der Waals surface area contributed by atoms with Crippen LogP contribution in [-0.4, -0.2) is 26.2 Å². The molecule has 4 rings (SSSR count). The molecule has 0 spiro atoms. The van der Waals surface area contributed by atoms with Gasteiger partial charge in [-0.05, 0) is 36.3 Å². The summed E-state index contributed by atoms with van der Waals surface area (Å²) in [5, 5.41) is 0. The first-order chi connectivity index (χ1) is 13.7. The summed E-state index contributed by atoms with van der Waals surface area (Å²) in [4.78, 5) is 8.76. The van der Waals surface area contributed by atoms with E-state index in [0.717, 1.165) is 35.1 Å². The minimum absolute atomic E-state index is 0.794. The lowest BCUT2D eigenvalue weighted by Gasteiger charge is -2.10. The largest absolute Gasteiger partial charge is 0.495 e. The average Bonchev–Trinajstić information content (AvgIpc) is 3.35. The molecule has 2 heterocycles. The standard InChI is InChI=1S/C23H22N4O/c1-18-15-27(17-25-18)21-10-8-19(14-22(21)28-2)9-11-23-24-12-13-26(23)16-20-6-4-3-5-7-20/h3-15,17H,16H2,1-2H3/b11-9+. The Balaban J connectivity index is 1.56. The summed E-state index contributed by atoms with van der Waals surface area (Å²) < 4.78 is 9.68. The van der Waals surface area contributed by atoms with E-state index < -0.39 is 0 Å². The topological polar surface area (TPSA) is 44.9 Å². The lowest BCUT2D eigenvalue weighted by atomic mass is 10.1. The van der Waals surface area contributed by atoms with Gasteiger partial charge in [-0.15, -0.1) is 0 Å². The zero-order valence-corrected chi connectivity index (χ0v) is 16.0. The molecule has 0 atom stereocenters. The molecule has 2 aromatic carbocycles. The van der Waals surface area contributed by atoms with Crippen molar-refractivity contribution < 1.29 is 4.74 Å². The third-order valence-electron chi connectivity index (χ3n) is 4.56. The Labute approximate surface area is 164 Å². The van der Waals surface area contributed by atoms with Gasteiger partial charge in [0.05, 0.1) is 24.8 Å². The Bertz CT molecular complexity index is 1090. The number of aromatic nitrogens is 4. The lowest BCUT2D eigenvalue weighted by molar-refractivity contribution is 0.413. The summed E-state index contributed by atoms with van der Waals surface area (Å²) in [5.41, 5.74) is 4.23. The number of nitrogens with zero attached hydrogens (tertiary/aromatic N) is 4. The van der Waals surface area contributed by atoms with Gasteiger partial charge in [0.15, 0.2) is 0 Å². The fourth-order valence-corrected chi connectivity index (χ4v) is 3.13. The van der Waals surface area contributed by atoms with E-state index in [2.05, 4.69) is 50.9 Å². The first-order valence-corrected chi connectivity index (χ1v) is 9.15. The van der Waals surface area contributed by atoms with E-state index in [1.54, 1.807) is 13.4 Å². The maximum absolute atomic E-state index is 5.59. The summed E-state index contributed by atoms with van der Waals surface area (Å²) in [7, 11) is 1.68. The fraction of sp³-hybridized carbons (Fsp3) is 0.130. The number of rotatable bonds is 6. The number of aryl methyl sites for hydroxylation is 1. The van der Waals surface area contributed by atoms with Crippen LogP contribution in [0.3, 0.4) is 0 Å². The van der Waals surface area contributed by atoms with Crippen molar-refractivity contribution in [3.05, 3.63) is 96.1 Å². The van der Waals surface area contributed by atoms with E-state index in [1.165, 1.54) is 5.56 Å². The van der Waals surface area contributed by atoms with Crippen LogP contribution >= 0.6 is 0 Å². The van der Waals surface area contributed by atoms with Crippen molar-refractivity contribution >= 4 is 12.2 Å². The molecule has 0 saturated carbocycles. The van der Waals surface area contributed by atoms with Gasteiger partial charge in [-0.2, -0.15) is 0 Å². The zero-order valence-electron chi connectivity index (χ0n) is 16.0. The molecule has 0 fully saturated rings. The van der Waals surface area contributed by atoms with Gasteiger partial charge in [0.25, 0.3) is 0 Å². The highest BCUT2D eigenvalue weighted by Gasteiger charge is 2.07. The summed E-state index contributed by atoms with van der Waals surface area (Å²) in [6.07, 6.45) is 11.7. The van der Waals surface area contributed by atoms with Gasteiger partial charge in [-0.25, -0.2) is 9.97 Å². The molecule has 0 aliphatic carbocycles. The van der Waals surface area contributed by atoms with Crippen LogP contribution in [0.15, 0.2) is 73.4 Å². The molecule has 4 aromatic rings. The highest BCUT2D eigenvalue weighted by molar-refractivity contribution is 5.69. The number of benzene rings is 2. The van der Waals surface area contributed by atoms with Crippen LogP contribution < -0.4 is 4.74 Å². The SMILES string of the molecule is COc1cc(/C=C/c2nccn2Cc2ccccc2)ccc1-n1cnc(C)c1. The number of hydrogen-bond acceptors (Lipinski definition) is 3. The van der Waals surface area contributed by atoms with E-state index in [0.29, 0.717) is 0 Å². The number of ether oxygens (including phenoxy) is 1. The Morgan fingerprint density at radius 3 is 2.64 bits per heavy atom. The normalized spacial score (nSPS) is 11.2. The Morgan fingerprint density at radius 1 is 1.04 bits per heavy atom. The van der Waals surface area contributed by atoms with Crippen LogP contribution in [0, 0.1) is 6.92 Å². The molecule has 2 aromatic heterocycles. The van der Waals surface area contributed by atoms with Crippen LogP contribution in [0.4, 0.5) is 0 Å². The van der Waals surface area contributed by atoms with Gasteiger partial charge >= 0.3 is 0 Å². The van der Waals surface area contributed by atoms with Crippen LogP contribution in [0.2, 0.25) is 0 Å². The maximum Gasteiger partial charge on any atom is 0.143 e. The zero-order chi connectivity index (χ0) is 19.3. The van der Waals surface area contributed by atoms with Crippen molar-refractivity contribution in [2.75, 3.05) is 7.11 Å². The molecule has 140 valence electrons. The summed E-state index contributed by atoms with van der Waals surface area (Å²) in [6.45, 7) is 2.76. The van der Waals surface area contributed by atoms with Gasteiger partial charge in [-0.3, -0.25) is 0 Å². The second kappa shape index (κ2) is 7.96. The summed E-state index contributed by atoms with van der Waals surface area (Å²) in [5.74, 6) is 1.71. The van der Waals surface area contributed by atoms with Crippen LogP contribution in [-0.2, 0) is 6.54 Å². The molecular formula is C23H22N4O. The van der Waals surface area contributed by atoms with Gasteiger partial charge in [0.2, 0.25) is 0 Å². The number of imidazole rings is 2. The molecule has 0 unspecified atom stereocenters. The van der Waals surface area contributed by atoms with Crippen LogP contribution in [0.1, 0.15) is 22.6 Å². The molecule has 5 nitrogen and oxygen atoms in total. The Morgan fingerprint density at radius 2 is 1.89 bits per heavy atom. The Hall–Kier alpha value is -3.60. The van der Waals surface area contributed by atoms with Crippen LogP contribution in [0.5, 0.6) is 5.75 Å². The predicted molar refractivity (Wildman–Crippen MR) is 112 cm³/mol. The van der Waals surface area contributed by atoms with Gasteiger partial charge in [-0.1, -0.05) is 42.5 Å². The molecule has 5 heteroatoms. The summed E-state index contributed by atoms with van der Waals surface area (Å²) in [6, 6.07) is 16.5. The van der Waals surface area contributed by atoms with E-state index in [-0.39, 0.29) is 0 Å². The van der Waals surface area contributed by atoms with Crippen molar-refractivity contribution in [3.8, 4) is 11.4 Å². The average molecular weight is 370 g/mol. The Kier molecular flexibility index (Phi) is 5.06. The minimum atomic E-state index is 0.794. The highest BCUT2D eigenvalue weighted by atomic mass is 16.5. The number of hydrogen-bond donors (Lipinski definition) is 0. The molecule has 0 bridgehead atoms. The van der Waals surface area contributed by atoms with Crippen LogP contribution in [0.25, 0.3) is 17.8 Å². The quantitative estimate of drug-likeness (QED) is 0.498. The van der Waals surface area contributed by atoms with E-state index in [9.17, 15) is 0 Å². The highest BCUT2D eigenvalue weighted by Crippen LogP contribution is 2.25. The molecule has 0 aliphatic rings. The molecule has 28 heavy (non-hydrogen) atoms. The fourth-order valence-electron chi connectivity index (χ4n) is 3.13. The third-order valence-corrected chi connectivity index (χ3v) is 4.56. The maximum atomic E-state index is 5.59. The van der Waals surface area contributed by atoms with Crippen molar-refractivity contribution in [2.45, 2.75) is 13.5 Å². The molecule has 0 radical (unpaired) electrons. The molecule has 0 aliphatic heterocycles. The molecule has 0 saturated heterocycles. The van der Waals surface area contributed by atoms with Gasteiger partial charge in [0.1, 0.15) is 11.6 Å². The van der Waals surface area contributed by atoms with Gasteiger partial charge in [0, 0.05) is 25.1 Å². The smallest absolute Gasteiger partial charge is 0.143 e. The molecule has 0 N–H and O–H groups in total.